The minimum absolute atomic E-state index is 0.741. The van der Waals surface area contributed by atoms with Crippen molar-refractivity contribution in [1.82, 2.24) is 19.9 Å². The summed E-state index contributed by atoms with van der Waals surface area (Å²) in [6.07, 6.45) is 0. The molecular formula is C21H16N4O. The van der Waals surface area contributed by atoms with Crippen molar-refractivity contribution in [2.45, 2.75) is 0 Å². The number of ether oxygens (including phenoxy) is 1. The molecule has 5 nitrogen and oxygen atoms in total. The number of H-pyrrole nitrogens is 2. The molecule has 0 aliphatic rings. The van der Waals surface area contributed by atoms with Crippen LogP contribution in [0.1, 0.15) is 0 Å². The zero-order chi connectivity index (χ0) is 17.5. The van der Waals surface area contributed by atoms with E-state index in [9.17, 15) is 0 Å². The summed E-state index contributed by atoms with van der Waals surface area (Å²) < 4.78 is 5.76. The summed E-state index contributed by atoms with van der Waals surface area (Å²) in [5, 5.41) is 0. The van der Waals surface area contributed by atoms with Crippen LogP contribution in [0.25, 0.3) is 44.8 Å². The third kappa shape index (κ3) is 2.25. The lowest BCUT2D eigenvalue weighted by molar-refractivity contribution is 0.417. The average Bonchev–Trinajstić information content (AvgIpc) is 3.31. The van der Waals surface area contributed by atoms with E-state index in [2.05, 4.69) is 9.97 Å². The van der Waals surface area contributed by atoms with Crippen molar-refractivity contribution in [3.63, 3.8) is 0 Å². The largest absolute Gasteiger partial charge is 0.495 e. The van der Waals surface area contributed by atoms with Crippen LogP contribution < -0.4 is 4.74 Å². The van der Waals surface area contributed by atoms with Crippen molar-refractivity contribution >= 4 is 22.1 Å². The first-order chi connectivity index (χ1) is 12.8. The van der Waals surface area contributed by atoms with Crippen LogP contribution in [-0.2, 0) is 0 Å². The highest BCUT2D eigenvalue weighted by Gasteiger charge is 2.17. The highest BCUT2D eigenvalue weighted by Crippen LogP contribution is 2.37. The molecule has 26 heavy (non-hydrogen) atoms. The van der Waals surface area contributed by atoms with Gasteiger partial charge in [0.05, 0.1) is 40.3 Å². The third-order valence-corrected chi connectivity index (χ3v) is 4.51. The van der Waals surface area contributed by atoms with Crippen LogP contribution in [0, 0.1) is 0 Å². The van der Waals surface area contributed by atoms with Crippen LogP contribution in [0.3, 0.4) is 0 Å². The van der Waals surface area contributed by atoms with Crippen molar-refractivity contribution in [2.75, 3.05) is 7.11 Å². The third-order valence-electron chi connectivity index (χ3n) is 4.51. The fourth-order valence-electron chi connectivity index (χ4n) is 3.29. The van der Waals surface area contributed by atoms with Crippen molar-refractivity contribution in [1.29, 1.82) is 0 Å². The highest BCUT2D eigenvalue weighted by atomic mass is 16.5. The zero-order valence-electron chi connectivity index (χ0n) is 14.2. The lowest BCUT2D eigenvalue weighted by Gasteiger charge is -2.10. The second-order valence-corrected chi connectivity index (χ2v) is 6.09. The number of rotatable bonds is 3. The normalized spacial score (nSPS) is 11.3. The van der Waals surface area contributed by atoms with Gasteiger partial charge in [0.15, 0.2) is 0 Å². The van der Waals surface area contributed by atoms with Gasteiger partial charge in [0, 0.05) is 0 Å². The van der Waals surface area contributed by atoms with Gasteiger partial charge in [-0.1, -0.05) is 30.3 Å². The molecule has 2 N–H and O–H groups in total. The number of fused-ring (bicyclic) bond motifs is 2. The monoisotopic (exact) mass is 340 g/mol. The van der Waals surface area contributed by atoms with E-state index in [0.29, 0.717) is 0 Å². The molecule has 0 bridgehead atoms. The maximum atomic E-state index is 5.76. The van der Waals surface area contributed by atoms with Gasteiger partial charge in [-0.05, 0) is 36.4 Å². The Balaban J connectivity index is 1.71. The van der Waals surface area contributed by atoms with Gasteiger partial charge in [-0.2, -0.15) is 0 Å². The number of benzene rings is 3. The second kappa shape index (κ2) is 5.74. The van der Waals surface area contributed by atoms with Gasteiger partial charge in [-0.25, -0.2) is 9.97 Å². The minimum Gasteiger partial charge on any atom is -0.495 e. The zero-order valence-corrected chi connectivity index (χ0v) is 14.2. The Labute approximate surface area is 149 Å². The van der Waals surface area contributed by atoms with Gasteiger partial charge in [0.25, 0.3) is 0 Å². The SMILES string of the molecule is COc1c(-c2nc3ccccc3[nH]2)cccc1-c1nc2ccccc2[nH]1. The molecule has 2 heterocycles. The lowest BCUT2D eigenvalue weighted by Crippen LogP contribution is -1.94. The van der Waals surface area contributed by atoms with Gasteiger partial charge in [0.2, 0.25) is 0 Å². The van der Waals surface area contributed by atoms with E-state index in [1.165, 1.54) is 0 Å². The number of para-hydroxylation sites is 5. The molecule has 3 aromatic carbocycles. The molecule has 0 aliphatic carbocycles. The van der Waals surface area contributed by atoms with E-state index in [1.807, 2.05) is 66.7 Å². The van der Waals surface area contributed by atoms with Crippen LogP contribution in [-0.4, -0.2) is 27.0 Å². The van der Waals surface area contributed by atoms with Crippen molar-refractivity contribution < 1.29 is 4.74 Å². The quantitative estimate of drug-likeness (QED) is 0.496. The average molecular weight is 340 g/mol. The number of hydrogen-bond donors (Lipinski definition) is 2. The molecule has 5 rings (SSSR count). The maximum absolute atomic E-state index is 5.76. The summed E-state index contributed by atoms with van der Waals surface area (Å²) in [4.78, 5) is 16.1. The number of hydrogen-bond acceptors (Lipinski definition) is 3. The number of aromatic nitrogens is 4. The summed E-state index contributed by atoms with van der Waals surface area (Å²) in [6.45, 7) is 0. The summed E-state index contributed by atoms with van der Waals surface area (Å²) in [6, 6.07) is 22.0. The highest BCUT2D eigenvalue weighted by molar-refractivity contribution is 5.86. The van der Waals surface area contributed by atoms with Crippen LogP contribution >= 0.6 is 0 Å². The standard InChI is InChI=1S/C21H16N4O/c1-26-19-13(20-22-15-9-2-3-10-16(15)23-20)7-6-8-14(19)21-24-17-11-4-5-12-18(17)25-21/h2-12H,1H3,(H,22,23)(H,24,25). The Bertz CT molecular complexity index is 1080. The molecule has 5 aromatic rings. The van der Waals surface area contributed by atoms with E-state index < -0.39 is 0 Å². The van der Waals surface area contributed by atoms with Crippen molar-refractivity contribution in [3.05, 3.63) is 66.7 Å². The first-order valence-corrected chi connectivity index (χ1v) is 8.41. The molecule has 126 valence electrons. The Morgan fingerprint density at radius 3 is 1.62 bits per heavy atom. The van der Waals surface area contributed by atoms with Gasteiger partial charge in [-0.15, -0.1) is 0 Å². The molecule has 0 saturated heterocycles. The Hall–Kier alpha value is -3.60. The molecule has 0 spiro atoms. The van der Waals surface area contributed by atoms with E-state index in [0.717, 1.165) is 50.6 Å². The predicted octanol–water partition coefficient (Wildman–Crippen LogP) is 4.78. The molecule has 0 atom stereocenters. The van der Waals surface area contributed by atoms with E-state index in [1.54, 1.807) is 7.11 Å². The molecule has 0 fully saturated rings. The summed E-state index contributed by atoms with van der Waals surface area (Å²) in [7, 11) is 1.67. The Kier molecular flexibility index (Phi) is 3.25. The molecule has 0 radical (unpaired) electrons. The summed E-state index contributed by atoms with van der Waals surface area (Å²) in [5.41, 5.74) is 5.66. The van der Waals surface area contributed by atoms with Crippen LogP contribution in [0.4, 0.5) is 0 Å². The fraction of sp³-hybridized carbons (Fsp3) is 0.0476. The van der Waals surface area contributed by atoms with Crippen LogP contribution in [0.15, 0.2) is 66.7 Å². The van der Waals surface area contributed by atoms with Crippen molar-refractivity contribution in [2.24, 2.45) is 0 Å². The number of nitrogens with zero attached hydrogens (tertiary/aromatic N) is 2. The Morgan fingerprint density at radius 2 is 1.15 bits per heavy atom. The smallest absolute Gasteiger partial charge is 0.142 e. The first kappa shape index (κ1) is 14.7. The number of imidazole rings is 2. The molecule has 0 unspecified atom stereocenters. The Morgan fingerprint density at radius 1 is 0.654 bits per heavy atom. The van der Waals surface area contributed by atoms with E-state index in [4.69, 9.17) is 14.7 Å². The molecule has 0 aliphatic heterocycles. The first-order valence-electron chi connectivity index (χ1n) is 8.41. The lowest BCUT2D eigenvalue weighted by atomic mass is 10.1. The molecular weight excluding hydrogens is 324 g/mol. The van der Waals surface area contributed by atoms with E-state index in [-0.39, 0.29) is 0 Å². The second-order valence-electron chi connectivity index (χ2n) is 6.09. The maximum Gasteiger partial charge on any atom is 0.142 e. The van der Waals surface area contributed by atoms with Gasteiger partial charge in [-0.3, -0.25) is 0 Å². The van der Waals surface area contributed by atoms with E-state index >= 15 is 0 Å². The topological polar surface area (TPSA) is 66.6 Å². The van der Waals surface area contributed by atoms with Crippen molar-refractivity contribution in [3.8, 4) is 28.5 Å². The summed E-state index contributed by atoms with van der Waals surface area (Å²) in [5.74, 6) is 2.30. The molecule has 2 aromatic heterocycles. The number of methoxy groups -OCH3 is 1. The number of aromatic amines is 2. The van der Waals surface area contributed by atoms with Gasteiger partial charge < -0.3 is 14.7 Å². The fourth-order valence-corrected chi connectivity index (χ4v) is 3.29. The molecule has 5 heteroatoms. The van der Waals surface area contributed by atoms with Gasteiger partial charge >= 0.3 is 0 Å². The molecule has 0 amide bonds. The number of nitrogens with one attached hydrogen (secondary N) is 2. The summed E-state index contributed by atoms with van der Waals surface area (Å²) >= 11 is 0. The predicted molar refractivity (Wildman–Crippen MR) is 103 cm³/mol. The minimum atomic E-state index is 0.741. The molecule has 0 saturated carbocycles. The van der Waals surface area contributed by atoms with Crippen LogP contribution in [0.5, 0.6) is 5.75 Å². The van der Waals surface area contributed by atoms with Gasteiger partial charge in [0.1, 0.15) is 17.4 Å². The van der Waals surface area contributed by atoms with Crippen LogP contribution in [0.2, 0.25) is 0 Å².